The van der Waals surface area contributed by atoms with Crippen LogP contribution in [0.1, 0.15) is 43.5 Å². The molecule has 1 amide bonds. The molecule has 0 aliphatic rings. The first-order valence-corrected chi connectivity index (χ1v) is 6.58. The van der Waals surface area contributed by atoms with Gasteiger partial charge in [0.1, 0.15) is 0 Å². The Morgan fingerprint density at radius 1 is 1.47 bits per heavy atom. The van der Waals surface area contributed by atoms with Crippen LogP contribution in [0.4, 0.5) is 0 Å². The fraction of sp³-hybridized carbons (Fsp3) is 0.500. The molecular weight excluding hydrogens is 238 g/mol. The van der Waals surface area contributed by atoms with Gasteiger partial charge in [-0.05, 0) is 17.9 Å². The van der Waals surface area contributed by atoms with Crippen LogP contribution in [-0.2, 0) is 9.59 Å². The summed E-state index contributed by atoms with van der Waals surface area (Å²) in [5.41, 5.74) is 0. The number of thiophene rings is 1. The molecule has 1 unspecified atom stereocenters. The van der Waals surface area contributed by atoms with Gasteiger partial charge in [0, 0.05) is 11.3 Å². The van der Waals surface area contributed by atoms with Crippen LogP contribution in [0.5, 0.6) is 0 Å². The van der Waals surface area contributed by atoms with E-state index in [2.05, 4.69) is 12.2 Å². The Kier molecular flexibility index (Phi) is 5.69. The number of rotatable bonds is 7. The number of unbranched alkanes of at least 4 members (excludes halogenated alkanes) is 2. The molecule has 0 spiro atoms. The number of nitrogens with one attached hydrogen (secondary N) is 1. The van der Waals surface area contributed by atoms with E-state index in [-0.39, 0.29) is 5.91 Å². The highest BCUT2D eigenvalue weighted by Gasteiger charge is 2.22. The molecule has 4 nitrogen and oxygen atoms in total. The van der Waals surface area contributed by atoms with Crippen molar-refractivity contribution in [2.24, 2.45) is 0 Å². The van der Waals surface area contributed by atoms with Crippen LogP contribution < -0.4 is 5.32 Å². The van der Waals surface area contributed by atoms with Crippen molar-refractivity contribution in [2.75, 3.05) is 0 Å². The third-order valence-corrected chi connectivity index (χ3v) is 3.32. The molecule has 0 aliphatic carbocycles. The molecule has 17 heavy (non-hydrogen) atoms. The maximum atomic E-state index is 11.6. The second kappa shape index (κ2) is 7.06. The van der Waals surface area contributed by atoms with Gasteiger partial charge in [0.2, 0.25) is 5.91 Å². The van der Waals surface area contributed by atoms with Crippen LogP contribution in [0.15, 0.2) is 17.5 Å². The molecule has 0 saturated carbocycles. The lowest BCUT2D eigenvalue weighted by Gasteiger charge is -2.12. The van der Waals surface area contributed by atoms with Gasteiger partial charge in [0.25, 0.3) is 0 Å². The summed E-state index contributed by atoms with van der Waals surface area (Å²) in [7, 11) is 0. The molecule has 5 heteroatoms. The molecular formula is C12H17NO3S. The number of aliphatic carboxylic acids is 1. The molecule has 1 aromatic heterocycles. The van der Waals surface area contributed by atoms with Crippen molar-refractivity contribution in [1.82, 2.24) is 5.32 Å². The number of hydrogen-bond acceptors (Lipinski definition) is 3. The van der Waals surface area contributed by atoms with Crippen molar-refractivity contribution in [3.63, 3.8) is 0 Å². The van der Waals surface area contributed by atoms with E-state index in [0.717, 1.165) is 19.3 Å². The van der Waals surface area contributed by atoms with E-state index in [1.807, 2.05) is 0 Å². The molecule has 0 aliphatic heterocycles. The van der Waals surface area contributed by atoms with Crippen LogP contribution in [0.3, 0.4) is 0 Å². The van der Waals surface area contributed by atoms with Crippen LogP contribution in [0, 0.1) is 0 Å². The minimum atomic E-state index is -1.02. The number of carboxylic acids is 1. The van der Waals surface area contributed by atoms with Gasteiger partial charge in [-0.3, -0.25) is 4.79 Å². The van der Waals surface area contributed by atoms with Crippen LogP contribution in [-0.4, -0.2) is 17.0 Å². The average Bonchev–Trinajstić information content (AvgIpc) is 2.79. The minimum absolute atomic E-state index is 0.195. The second-order valence-electron chi connectivity index (χ2n) is 3.81. The van der Waals surface area contributed by atoms with Crippen LogP contribution in [0.25, 0.3) is 0 Å². The Bertz CT molecular complexity index is 362. The molecule has 1 rings (SSSR count). The van der Waals surface area contributed by atoms with Gasteiger partial charge in [-0.2, -0.15) is 0 Å². The summed E-state index contributed by atoms with van der Waals surface area (Å²) in [5, 5.41) is 13.4. The molecule has 1 heterocycles. The number of amides is 1. The zero-order chi connectivity index (χ0) is 12.7. The maximum Gasteiger partial charge on any atom is 0.331 e. The lowest BCUT2D eigenvalue weighted by atomic mass is 10.2. The molecule has 0 saturated heterocycles. The number of carbonyl (C=O) groups is 2. The number of carbonyl (C=O) groups excluding carboxylic acids is 1. The Hall–Kier alpha value is -1.36. The van der Waals surface area contributed by atoms with Crippen molar-refractivity contribution in [3.8, 4) is 0 Å². The molecule has 0 fully saturated rings. The standard InChI is InChI=1S/C12H17NO3S/c1-2-3-4-7-10(14)13-11(12(15)16)9-6-5-8-17-9/h5-6,8,11H,2-4,7H2,1H3,(H,13,14)(H,15,16). The van der Waals surface area contributed by atoms with Crippen LogP contribution in [0.2, 0.25) is 0 Å². The molecule has 0 radical (unpaired) electrons. The van der Waals surface area contributed by atoms with Crippen molar-refractivity contribution in [2.45, 2.75) is 38.6 Å². The first-order valence-electron chi connectivity index (χ1n) is 5.70. The predicted octanol–water partition coefficient (Wildman–Crippen LogP) is 2.57. The first-order chi connectivity index (χ1) is 8.15. The Labute approximate surface area is 105 Å². The maximum absolute atomic E-state index is 11.6. The lowest BCUT2D eigenvalue weighted by Crippen LogP contribution is -2.33. The van der Waals surface area contributed by atoms with E-state index in [9.17, 15) is 9.59 Å². The Morgan fingerprint density at radius 3 is 2.76 bits per heavy atom. The van der Waals surface area contributed by atoms with E-state index < -0.39 is 12.0 Å². The molecule has 94 valence electrons. The zero-order valence-electron chi connectivity index (χ0n) is 9.81. The van der Waals surface area contributed by atoms with Gasteiger partial charge >= 0.3 is 5.97 Å². The van der Waals surface area contributed by atoms with Crippen LogP contribution >= 0.6 is 11.3 Å². The quantitative estimate of drug-likeness (QED) is 0.736. The minimum Gasteiger partial charge on any atom is -0.479 e. The average molecular weight is 255 g/mol. The fourth-order valence-electron chi connectivity index (χ4n) is 1.48. The van der Waals surface area contributed by atoms with Gasteiger partial charge < -0.3 is 10.4 Å². The normalized spacial score (nSPS) is 12.1. The van der Waals surface area contributed by atoms with Crippen molar-refractivity contribution >= 4 is 23.2 Å². The third kappa shape index (κ3) is 4.56. The third-order valence-electron chi connectivity index (χ3n) is 2.39. The highest BCUT2D eigenvalue weighted by Crippen LogP contribution is 2.19. The summed E-state index contributed by atoms with van der Waals surface area (Å²) < 4.78 is 0. The van der Waals surface area contributed by atoms with Gasteiger partial charge in [-0.1, -0.05) is 25.8 Å². The molecule has 1 aromatic rings. The SMILES string of the molecule is CCCCCC(=O)NC(C(=O)O)c1cccs1. The summed E-state index contributed by atoms with van der Waals surface area (Å²) in [4.78, 5) is 23.3. The number of hydrogen-bond donors (Lipinski definition) is 2. The van der Waals surface area contributed by atoms with E-state index in [0.29, 0.717) is 11.3 Å². The van der Waals surface area contributed by atoms with E-state index >= 15 is 0 Å². The molecule has 0 aromatic carbocycles. The monoisotopic (exact) mass is 255 g/mol. The fourth-order valence-corrected chi connectivity index (χ4v) is 2.25. The van der Waals surface area contributed by atoms with Gasteiger partial charge in [-0.15, -0.1) is 11.3 Å². The van der Waals surface area contributed by atoms with Crippen molar-refractivity contribution < 1.29 is 14.7 Å². The predicted molar refractivity (Wildman–Crippen MR) is 67.0 cm³/mol. The summed E-state index contributed by atoms with van der Waals surface area (Å²) in [6.45, 7) is 2.06. The Balaban J connectivity index is 2.51. The van der Waals surface area contributed by atoms with Gasteiger partial charge in [0.15, 0.2) is 6.04 Å². The Morgan fingerprint density at radius 2 is 2.24 bits per heavy atom. The van der Waals surface area contributed by atoms with Gasteiger partial charge in [0.05, 0.1) is 0 Å². The van der Waals surface area contributed by atoms with Crippen molar-refractivity contribution in [3.05, 3.63) is 22.4 Å². The van der Waals surface area contributed by atoms with Crippen molar-refractivity contribution in [1.29, 1.82) is 0 Å². The zero-order valence-corrected chi connectivity index (χ0v) is 10.6. The summed E-state index contributed by atoms with van der Waals surface area (Å²) in [6.07, 6.45) is 3.23. The van der Waals surface area contributed by atoms with Gasteiger partial charge in [-0.25, -0.2) is 4.79 Å². The molecule has 1 atom stereocenters. The highest BCUT2D eigenvalue weighted by atomic mass is 32.1. The summed E-state index contributed by atoms with van der Waals surface area (Å²) in [6, 6.07) is 2.58. The largest absolute Gasteiger partial charge is 0.479 e. The molecule has 2 N–H and O–H groups in total. The topological polar surface area (TPSA) is 66.4 Å². The highest BCUT2D eigenvalue weighted by molar-refractivity contribution is 7.10. The van der Waals surface area contributed by atoms with E-state index in [1.165, 1.54) is 11.3 Å². The summed E-state index contributed by atoms with van der Waals surface area (Å²) >= 11 is 1.33. The molecule has 0 bridgehead atoms. The lowest BCUT2D eigenvalue weighted by molar-refractivity contribution is -0.142. The summed E-state index contributed by atoms with van der Waals surface area (Å²) in [5.74, 6) is -1.21. The number of carboxylic acid groups (broad SMARTS) is 1. The second-order valence-corrected chi connectivity index (χ2v) is 4.79. The van der Waals surface area contributed by atoms with E-state index in [1.54, 1.807) is 17.5 Å². The van der Waals surface area contributed by atoms with E-state index in [4.69, 9.17) is 5.11 Å². The first kappa shape index (κ1) is 13.7. The smallest absolute Gasteiger partial charge is 0.331 e.